The minimum absolute atomic E-state index is 0.383. The van der Waals surface area contributed by atoms with Crippen LogP contribution in [0.15, 0.2) is 23.6 Å². The molecule has 0 unspecified atom stereocenters. The van der Waals surface area contributed by atoms with Crippen molar-refractivity contribution < 1.29 is 5.11 Å². The quantitative estimate of drug-likeness (QED) is 0.724. The first-order valence-electron chi connectivity index (χ1n) is 7.05. The minimum Gasteiger partial charge on any atom is -0.508 e. The van der Waals surface area contributed by atoms with Crippen LogP contribution in [0.5, 0.6) is 5.75 Å². The molecule has 0 radical (unpaired) electrons. The van der Waals surface area contributed by atoms with Gasteiger partial charge in [-0.15, -0.1) is 11.3 Å². The predicted molar refractivity (Wildman–Crippen MR) is 78.5 cm³/mol. The van der Waals surface area contributed by atoms with Gasteiger partial charge in [-0.05, 0) is 53.3 Å². The molecular weight excluding hydrogens is 240 g/mol. The number of phenols is 1. The summed E-state index contributed by atoms with van der Waals surface area (Å²) in [7, 11) is 0. The number of fused-ring (bicyclic) bond motifs is 1. The van der Waals surface area contributed by atoms with E-state index in [0.29, 0.717) is 5.75 Å². The topological polar surface area (TPSA) is 20.2 Å². The van der Waals surface area contributed by atoms with Crippen molar-refractivity contribution in [1.29, 1.82) is 0 Å². The largest absolute Gasteiger partial charge is 0.508 e. The van der Waals surface area contributed by atoms with Crippen LogP contribution in [-0.2, 0) is 0 Å². The van der Waals surface area contributed by atoms with Gasteiger partial charge in [-0.25, -0.2) is 0 Å². The number of aromatic hydroxyl groups is 1. The molecule has 1 saturated carbocycles. The molecule has 1 fully saturated rings. The van der Waals surface area contributed by atoms with Crippen molar-refractivity contribution in [2.75, 3.05) is 0 Å². The monoisotopic (exact) mass is 260 g/mol. The van der Waals surface area contributed by atoms with Gasteiger partial charge in [-0.2, -0.15) is 0 Å². The smallest absolute Gasteiger partial charge is 0.117 e. The lowest BCUT2D eigenvalue weighted by atomic mass is 9.86. The molecule has 2 heteroatoms. The Hall–Kier alpha value is -1.02. The Bertz CT molecular complexity index is 521. The normalized spacial score (nSPS) is 18.7. The number of rotatable bonds is 1. The number of hydrogen-bond acceptors (Lipinski definition) is 2. The van der Waals surface area contributed by atoms with Gasteiger partial charge >= 0.3 is 0 Å². The van der Waals surface area contributed by atoms with Crippen LogP contribution in [0.4, 0.5) is 0 Å². The summed E-state index contributed by atoms with van der Waals surface area (Å²) >= 11 is 1.77. The third kappa shape index (κ3) is 2.39. The van der Waals surface area contributed by atoms with E-state index in [1.165, 1.54) is 60.6 Å². The summed E-state index contributed by atoms with van der Waals surface area (Å²) in [5.41, 5.74) is 1.52. The second kappa shape index (κ2) is 5.31. The van der Waals surface area contributed by atoms with Gasteiger partial charge in [0.15, 0.2) is 0 Å². The molecule has 1 aromatic heterocycles. The Morgan fingerprint density at radius 2 is 1.72 bits per heavy atom. The molecule has 0 amide bonds. The highest BCUT2D eigenvalue weighted by atomic mass is 32.1. The highest BCUT2D eigenvalue weighted by Gasteiger charge is 2.17. The van der Waals surface area contributed by atoms with Crippen LogP contribution >= 0.6 is 11.3 Å². The third-order valence-electron chi connectivity index (χ3n) is 4.13. The van der Waals surface area contributed by atoms with E-state index in [4.69, 9.17) is 0 Å². The summed E-state index contributed by atoms with van der Waals surface area (Å²) < 4.78 is 1.23. The van der Waals surface area contributed by atoms with Crippen LogP contribution in [0.3, 0.4) is 0 Å². The molecule has 1 aliphatic carbocycles. The zero-order chi connectivity index (χ0) is 12.4. The molecule has 96 valence electrons. The summed E-state index contributed by atoms with van der Waals surface area (Å²) in [6, 6.07) is 5.81. The van der Waals surface area contributed by atoms with Gasteiger partial charge in [0.2, 0.25) is 0 Å². The Morgan fingerprint density at radius 1 is 1.00 bits per heavy atom. The molecule has 18 heavy (non-hydrogen) atoms. The first-order valence-corrected chi connectivity index (χ1v) is 7.92. The van der Waals surface area contributed by atoms with E-state index in [9.17, 15) is 5.11 Å². The van der Waals surface area contributed by atoms with Crippen LogP contribution in [0.2, 0.25) is 0 Å². The zero-order valence-corrected chi connectivity index (χ0v) is 11.5. The van der Waals surface area contributed by atoms with Gasteiger partial charge < -0.3 is 5.11 Å². The van der Waals surface area contributed by atoms with Crippen LogP contribution in [0.25, 0.3) is 10.1 Å². The first-order chi connectivity index (χ1) is 8.84. The maximum absolute atomic E-state index is 9.54. The summed E-state index contributed by atoms with van der Waals surface area (Å²) in [4.78, 5) is 0. The maximum atomic E-state index is 9.54. The van der Waals surface area contributed by atoms with Crippen LogP contribution in [0.1, 0.15) is 56.4 Å². The van der Waals surface area contributed by atoms with Gasteiger partial charge in [0, 0.05) is 4.70 Å². The van der Waals surface area contributed by atoms with Gasteiger partial charge in [0.05, 0.1) is 0 Å². The lowest BCUT2D eigenvalue weighted by Crippen LogP contribution is -2.01. The second-order valence-corrected chi connectivity index (χ2v) is 6.32. The van der Waals surface area contributed by atoms with Gasteiger partial charge in [0.1, 0.15) is 5.75 Å². The maximum Gasteiger partial charge on any atom is 0.117 e. The molecule has 1 nitrogen and oxygen atoms in total. The van der Waals surface area contributed by atoms with E-state index in [2.05, 4.69) is 11.4 Å². The number of hydrogen-bond donors (Lipinski definition) is 1. The fraction of sp³-hybridized carbons (Fsp3) is 0.500. The lowest BCUT2D eigenvalue weighted by Gasteiger charge is -2.19. The molecule has 1 aliphatic rings. The Morgan fingerprint density at radius 3 is 2.50 bits per heavy atom. The van der Waals surface area contributed by atoms with Gasteiger partial charge in [-0.3, -0.25) is 0 Å². The third-order valence-corrected chi connectivity index (χ3v) is 5.10. The van der Waals surface area contributed by atoms with Crippen molar-refractivity contribution in [2.45, 2.75) is 50.9 Å². The van der Waals surface area contributed by atoms with E-state index < -0.39 is 0 Å². The summed E-state index contributed by atoms with van der Waals surface area (Å²) in [5.74, 6) is 1.12. The van der Waals surface area contributed by atoms with Crippen molar-refractivity contribution in [3.05, 3.63) is 29.1 Å². The highest BCUT2D eigenvalue weighted by molar-refractivity contribution is 7.17. The molecule has 0 bridgehead atoms. The molecule has 3 rings (SSSR count). The van der Waals surface area contributed by atoms with Crippen molar-refractivity contribution in [3.8, 4) is 5.75 Å². The number of phenolic OH excluding ortho intramolecular Hbond substituents is 1. The average molecular weight is 260 g/mol. The molecule has 0 saturated heterocycles. The summed E-state index contributed by atoms with van der Waals surface area (Å²) in [5, 5.41) is 13.2. The van der Waals surface area contributed by atoms with E-state index in [1.54, 1.807) is 11.3 Å². The van der Waals surface area contributed by atoms with Crippen LogP contribution in [-0.4, -0.2) is 5.11 Å². The fourth-order valence-corrected chi connectivity index (χ4v) is 4.20. The minimum atomic E-state index is 0.383. The SMILES string of the molecule is Oc1ccc2c(C3CCCCCCC3)csc2c1. The van der Waals surface area contributed by atoms with E-state index in [0.717, 1.165) is 5.92 Å². The highest BCUT2D eigenvalue weighted by Crippen LogP contribution is 2.38. The van der Waals surface area contributed by atoms with Crippen molar-refractivity contribution in [3.63, 3.8) is 0 Å². The molecule has 0 aliphatic heterocycles. The lowest BCUT2D eigenvalue weighted by molar-refractivity contribution is 0.457. The number of benzene rings is 1. The predicted octanol–water partition coefficient (Wildman–Crippen LogP) is 5.43. The van der Waals surface area contributed by atoms with Crippen molar-refractivity contribution >= 4 is 21.4 Å². The molecule has 1 N–H and O–H groups in total. The standard InChI is InChI=1S/C16H20OS/c17-13-8-9-14-15(11-18-16(14)10-13)12-6-4-2-1-3-5-7-12/h8-12,17H,1-7H2. The van der Waals surface area contributed by atoms with E-state index in [-0.39, 0.29) is 0 Å². The van der Waals surface area contributed by atoms with Crippen molar-refractivity contribution in [2.24, 2.45) is 0 Å². The summed E-state index contributed by atoms with van der Waals surface area (Å²) in [6.07, 6.45) is 9.66. The molecular formula is C16H20OS. The molecule has 1 aromatic carbocycles. The molecule has 2 aromatic rings. The van der Waals surface area contributed by atoms with Crippen LogP contribution in [0, 0.1) is 0 Å². The Labute approximate surface area is 112 Å². The Balaban J connectivity index is 1.92. The summed E-state index contributed by atoms with van der Waals surface area (Å²) in [6.45, 7) is 0. The van der Waals surface area contributed by atoms with E-state index >= 15 is 0 Å². The average Bonchev–Trinajstić information content (AvgIpc) is 2.71. The molecule has 0 spiro atoms. The van der Waals surface area contributed by atoms with Crippen LogP contribution < -0.4 is 0 Å². The zero-order valence-electron chi connectivity index (χ0n) is 10.7. The Kier molecular flexibility index (Phi) is 3.55. The fourth-order valence-electron chi connectivity index (χ4n) is 3.12. The van der Waals surface area contributed by atoms with Crippen molar-refractivity contribution in [1.82, 2.24) is 0 Å². The van der Waals surface area contributed by atoms with E-state index in [1.807, 2.05) is 12.1 Å². The number of thiophene rings is 1. The van der Waals surface area contributed by atoms with Gasteiger partial charge in [0.25, 0.3) is 0 Å². The first kappa shape index (κ1) is 12.0. The molecule has 1 heterocycles. The molecule has 0 atom stereocenters. The second-order valence-electron chi connectivity index (χ2n) is 5.41. The van der Waals surface area contributed by atoms with Gasteiger partial charge in [-0.1, -0.05) is 32.1 Å².